The van der Waals surface area contributed by atoms with Crippen LogP contribution in [0.15, 0.2) is 40.0 Å². The zero-order valence-corrected chi connectivity index (χ0v) is 8.43. The highest BCUT2D eigenvalue weighted by molar-refractivity contribution is 9.11. The predicted octanol–water partition coefficient (Wildman–Crippen LogP) is 3.45. The van der Waals surface area contributed by atoms with Gasteiger partial charge in [-0.25, -0.2) is 0 Å². The molecule has 1 nitrogen and oxygen atoms in total. The van der Waals surface area contributed by atoms with Gasteiger partial charge in [0.15, 0.2) is 0 Å². The first-order valence-corrected chi connectivity index (χ1v) is 4.15. The van der Waals surface area contributed by atoms with Gasteiger partial charge in [0.1, 0.15) is 0 Å². The molecule has 0 aromatic heterocycles. The van der Waals surface area contributed by atoms with Crippen LogP contribution in [0.4, 0.5) is 0 Å². The Kier molecular flexibility index (Phi) is 5.75. The van der Waals surface area contributed by atoms with Crippen LogP contribution in [0.3, 0.4) is 0 Å². The van der Waals surface area contributed by atoms with Gasteiger partial charge in [-0.05, 0) is 35.9 Å². The van der Waals surface area contributed by atoms with Crippen molar-refractivity contribution in [2.45, 2.75) is 13.8 Å². The van der Waals surface area contributed by atoms with Crippen molar-refractivity contribution in [1.29, 1.82) is 0 Å². The molecule has 0 saturated carbocycles. The molecule has 0 bridgehead atoms. The third-order valence-corrected chi connectivity index (χ3v) is 1.97. The summed E-state index contributed by atoms with van der Waals surface area (Å²) in [7, 11) is 0. The van der Waals surface area contributed by atoms with Gasteiger partial charge in [0.2, 0.25) is 0 Å². The van der Waals surface area contributed by atoms with Crippen LogP contribution in [0.5, 0.6) is 0 Å². The van der Waals surface area contributed by atoms with Crippen molar-refractivity contribution in [3.05, 3.63) is 35.0 Å². The van der Waals surface area contributed by atoms with Crippen molar-refractivity contribution in [1.82, 2.24) is 0 Å². The van der Waals surface area contributed by atoms with Crippen LogP contribution >= 0.6 is 15.9 Å². The quantitative estimate of drug-likeness (QED) is 0.504. The van der Waals surface area contributed by atoms with Crippen molar-refractivity contribution in [2.75, 3.05) is 0 Å². The average Bonchev–Trinajstić information content (AvgIpc) is 2.03. The zero-order valence-electron chi connectivity index (χ0n) is 6.84. The van der Waals surface area contributed by atoms with E-state index in [2.05, 4.69) is 27.5 Å². The Morgan fingerprint density at radius 2 is 2.18 bits per heavy atom. The third-order valence-electron chi connectivity index (χ3n) is 1.07. The molecule has 0 fully saturated rings. The normalized spacial score (nSPS) is 14.1. The van der Waals surface area contributed by atoms with E-state index in [9.17, 15) is 0 Å². The van der Waals surface area contributed by atoms with E-state index in [1.807, 2.05) is 26.0 Å². The summed E-state index contributed by atoms with van der Waals surface area (Å²) in [5.74, 6) is 0. The maximum absolute atomic E-state index is 4.13. The van der Waals surface area contributed by atoms with E-state index in [4.69, 9.17) is 0 Å². The van der Waals surface area contributed by atoms with Crippen molar-refractivity contribution < 1.29 is 0 Å². The Bertz CT molecular complexity index is 212. The summed E-state index contributed by atoms with van der Waals surface area (Å²) in [5, 5.41) is 0. The maximum Gasteiger partial charge on any atom is 0.0514 e. The molecule has 0 radical (unpaired) electrons. The summed E-state index contributed by atoms with van der Waals surface area (Å²) in [6.45, 7) is 7.49. The SMILES string of the molecule is C=C/C(Br)=C(C)/N=C\C=C/C. The van der Waals surface area contributed by atoms with E-state index in [1.54, 1.807) is 12.3 Å². The first-order chi connectivity index (χ1) is 5.22. The smallest absolute Gasteiger partial charge is 0.0514 e. The highest BCUT2D eigenvalue weighted by atomic mass is 79.9. The fourth-order valence-corrected chi connectivity index (χ4v) is 0.553. The van der Waals surface area contributed by atoms with E-state index in [0.29, 0.717) is 0 Å². The Labute approximate surface area is 76.4 Å². The minimum absolute atomic E-state index is 0.929. The summed E-state index contributed by atoms with van der Waals surface area (Å²) < 4.78 is 0.929. The van der Waals surface area contributed by atoms with Gasteiger partial charge >= 0.3 is 0 Å². The lowest BCUT2D eigenvalue weighted by Crippen LogP contribution is -1.73. The first kappa shape index (κ1) is 10.4. The molecule has 0 heterocycles. The number of nitrogens with zero attached hydrogens (tertiary/aromatic N) is 1. The molecule has 0 unspecified atom stereocenters. The Morgan fingerprint density at radius 3 is 2.64 bits per heavy atom. The summed E-state index contributed by atoms with van der Waals surface area (Å²) in [6, 6.07) is 0. The number of hydrogen-bond acceptors (Lipinski definition) is 1. The van der Waals surface area contributed by atoms with E-state index in [1.165, 1.54) is 0 Å². The van der Waals surface area contributed by atoms with Gasteiger partial charge in [0.05, 0.1) is 5.70 Å². The average molecular weight is 214 g/mol. The number of hydrogen-bond donors (Lipinski definition) is 0. The van der Waals surface area contributed by atoms with Crippen molar-refractivity contribution in [3.63, 3.8) is 0 Å². The number of halogens is 1. The highest BCUT2D eigenvalue weighted by Gasteiger charge is 1.87. The fourth-order valence-electron chi connectivity index (χ4n) is 0.450. The second-order valence-electron chi connectivity index (χ2n) is 1.94. The lowest BCUT2D eigenvalue weighted by atomic mass is 10.4. The Hall–Kier alpha value is -0.630. The molecule has 0 atom stereocenters. The van der Waals surface area contributed by atoms with Gasteiger partial charge in [-0.3, -0.25) is 4.99 Å². The van der Waals surface area contributed by atoms with E-state index in [-0.39, 0.29) is 0 Å². The van der Waals surface area contributed by atoms with Gasteiger partial charge in [-0.2, -0.15) is 0 Å². The van der Waals surface area contributed by atoms with Gasteiger partial charge in [-0.15, -0.1) is 0 Å². The fraction of sp³-hybridized carbons (Fsp3) is 0.222. The third kappa shape index (κ3) is 4.73. The molecule has 0 aliphatic heterocycles. The molecule has 0 saturated heterocycles. The topological polar surface area (TPSA) is 12.4 Å². The molecule has 2 heteroatoms. The highest BCUT2D eigenvalue weighted by Crippen LogP contribution is 2.12. The van der Waals surface area contributed by atoms with Crippen LogP contribution in [-0.2, 0) is 0 Å². The number of allylic oxidation sites excluding steroid dienone is 5. The zero-order chi connectivity index (χ0) is 8.69. The molecule has 0 aliphatic rings. The van der Waals surface area contributed by atoms with Gasteiger partial charge < -0.3 is 0 Å². The number of rotatable bonds is 3. The first-order valence-electron chi connectivity index (χ1n) is 3.36. The van der Waals surface area contributed by atoms with Gasteiger partial charge in [0.25, 0.3) is 0 Å². The van der Waals surface area contributed by atoms with Crippen LogP contribution in [-0.4, -0.2) is 6.21 Å². The number of aliphatic imine (C=N–C) groups is 1. The van der Waals surface area contributed by atoms with Crippen LogP contribution in [0.1, 0.15) is 13.8 Å². The van der Waals surface area contributed by atoms with E-state index < -0.39 is 0 Å². The van der Waals surface area contributed by atoms with Crippen molar-refractivity contribution in [3.8, 4) is 0 Å². The summed E-state index contributed by atoms with van der Waals surface area (Å²) in [5.41, 5.74) is 0.929. The lowest BCUT2D eigenvalue weighted by Gasteiger charge is -1.91. The molecule has 0 aliphatic carbocycles. The van der Waals surface area contributed by atoms with Crippen LogP contribution in [0, 0.1) is 0 Å². The predicted molar refractivity (Wildman–Crippen MR) is 55.1 cm³/mol. The molecule has 0 aromatic carbocycles. The van der Waals surface area contributed by atoms with Gasteiger partial charge in [-0.1, -0.05) is 18.7 Å². The molecule has 11 heavy (non-hydrogen) atoms. The van der Waals surface area contributed by atoms with E-state index >= 15 is 0 Å². The molecule has 60 valence electrons. The largest absolute Gasteiger partial charge is 0.260 e. The summed E-state index contributed by atoms with van der Waals surface area (Å²) in [4.78, 5) is 4.13. The minimum atomic E-state index is 0.929. The molecule has 0 amide bonds. The standard InChI is InChI=1S/C9H12BrN/c1-4-6-7-11-8(3)9(10)5-2/h4-7H,2H2,1,3H3/b6-4-,9-8-,11-7-. The monoisotopic (exact) mass is 213 g/mol. The van der Waals surface area contributed by atoms with Crippen LogP contribution in [0.2, 0.25) is 0 Å². The second kappa shape index (κ2) is 6.10. The summed E-state index contributed by atoms with van der Waals surface area (Å²) in [6.07, 6.45) is 7.29. The van der Waals surface area contributed by atoms with Crippen LogP contribution in [0.25, 0.3) is 0 Å². The van der Waals surface area contributed by atoms with Crippen molar-refractivity contribution >= 4 is 22.1 Å². The molecule has 0 N–H and O–H groups in total. The molecule has 0 spiro atoms. The van der Waals surface area contributed by atoms with Gasteiger partial charge in [0, 0.05) is 10.7 Å². The molecule has 0 aromatic rings. The maximum atomic E-state index is 4.13. The minimum Gasteiger partial charge on any atom is -0.260 e. The Balaban J connectivity index is 4.26. The van der Waals surface area contributed by atoms with E-state index in [0.717, 1.165) is 10.2 Å². The van der Waals surface area contributed by atoms with Crippen LogP contribution < -0.4 is 0 Å². The molecular formula is C9H12BrN. The second-order valence-corrected chi connectivity index (χ2v) is 2.80. The lowest BCUT2D eigenvalue weighted by molar-refractivity contribution is 1.31. The van der Waals surface area contributed by atoms with Crippen molar-refractivity contribution in [2.24, 2.45) is 4.99 Å². The Morgan fingerprint density at radius 1 is 1.55 bits per heavy atom. The molecular weight excluding hydrogens is 202 g/mol. The molecule has 0 rings (SSSR count). The summed E-state index contributed by atoms with van der Waals surface area (Å²) >= 11 is 3.32.